The van der Waals surface area contributed by atoms with Gasteiger partial charge in [-0.1, -0.05) is 366 Å². The van der Waals surface area contributed by atoms with Crippen LogP contribution >= 0.6 is 0 Å². The Morgan fingerprint density at radius 2 is 0.605 bits per heavy atom. The minimum absolute atomic E-state index is 0.0232. The lowest BCUT2D eigenvalue weighted by Gasteiger charge is -2.20. The summed E-state index contributed by atoms with van der Waals surface area (Å²) in [6.07, 6.45) is 81.6. The van der Waals surface area contributed by atoms with Crippen LogP contribution in [-0.4, -0.2) is 47.4 Å². The van der Waals surface area contributed by atoms with Crippen molar-refractivity contribution in [3.8, 4) is 0 Å². The molecule has 0 aromatic rings. The van der Waals surface area contributed by atoms with Crippen molar-refractivity contribution >= 4 is 11.9 Å². The highest BCUT2D eigenvalue weighted by Gasteiger charge is 2.18. The van der Waals surface area contributed by atoms with Crippen molar-refractivity contribution < 1.29 is 24.5 Å². The van der Waals surface area contributed by atoms with Crippen LogP contribution in [0.25, 0.3) is 0 Å². The molecule has 0 aliphatic rings. The van der Waals surface area contributed by atoms with Gasteiger partial charge in [0, 0.05) is 12.8 Å². The van der Waals surface area contributed by atoms with Gasteiger partial charge in [0.15, 0.2) is 0 Å². The summed E-state index contributed by atoms with van der Waals surface area (Å²) in [4.78, 5) is 24.5. The molecule has 0 saturated heterocycles. The summed E-state index contributed by atoms with van der Waals surface area (Å²) < 4.78 is 5.49. The Kier molecular flexibility index (Phi) is 64.9. The van der Waals surface area contributed by atoms with Gasteiger partial charge in [0.05, 0.1) is 25.4 Å². The van der Waals surface area contributed by atoms with Crippen LogP contribution in [0.15, 0.2) is 12.2 Å². The van der Waals surface area contributed by atoms with E-state index >= 15 is 0 Å². The Bertz CT molecular complexity index is 1140. The Balaban J connectivity index is 3.32. The van der Waals surface area contributed by atoms with Gasteiger partial charge in [0.2, 0.25) is 5.91 Å². The first-order valence-electron chi connectivity index (χ1n) is 35.0. The van der Waals surface area contributed by atoms with Gasteiger partial charge in [0.25, 0.3) is 0 Å². The van der Waals surface area contributed by atoms with Crippen LogP contribution in [0.5, 0.6) is 0 Å². The van der Waals surface area contributed by atoms with E-state index in [1.165, 1.54) is 334 Å². The van der Waals surface area contributed by atoms with Gasteiger partial charge in [-0.3, -0.25) is 9.59 Å². The molecule has 2 unspecified atom stereocenters. The second-order valence-corrected chi connectivity index (χ2v) is 24.2. The second kappa shape index (κ2) is 66.1. The number of carbonyl (C=O) groups excluding carboxylic acids is 2. The maximum absolute atomic E-state index is 12.5. The first-order chi connectivity index (χ1) is 37.5. The molecule has 3 N–H and O–H groups in total. The standard InChI is InChI=1S/C70H137NO5/c1-3-5-7-9-11-13-15-17-39-42-46-50-54-58-62-68(73)67(66-72)71-69(74)63-59-55-51-47-43-40-36-34-32-30-28-26-24-22-20-18-19-21-23-25-27-29-31-33-35-37-41-45-49-53-57-61-65-76-70(75)64-60-56-52-48-44-38-16-14-12-10-8-6-4-2/h58,62,67-68,72-73H,3-57,59-61,63-66H2,1-2H3,(H,71,74)/b62-58+. The summed E-state index contributed by atoms with van der Waals surface area (Å²) in [6, 6.07) is -0.623. The highest BCUT2D eigenvalue weighted by molar-refractivity contribution is 5.76. The van der Waals surface area contributed by atoms with E-state index in [1.54, 1.807) is 6.08 Å². The van der Waals surface area contributed by atoms with Crippen LogP contribution in [0.2, 0.25) is 0 Å². The van der Waals surface area contributed by atoms with E-state index in [2.05, 4.69) is 19.2 Å². The normalized spacial score (nSPS) is 12.5. The van der Waals surface area contributed by atoms with Gasteiger partial charge < -0.3 is 20.3 Å². The number of nitrogens with one attached hydrogen (secondary N) is 1. The van der Waals surface area contributed by atoms with Gasteiger partial charge in [0.1, 0.15) is 0 Å². The van der Waals surface area contributed by atoms with E-state index in [-0.39, 0.29) is 18.5 Å². The minimum Gasteiger partial charge on any atom is -0.466 e. The molecule has 0 aliphatic heterocycles. The third kappa shape index (κ3) is 61.8. The number of unbranched alkanes of at least 4 members (excludes halogenated alkanes) is 55. The van der Waals surface area contributed by atoms with Crippen molar-refractivity contribution in [3.05, 3.63) is 12.2 Å². The molecule has 0 aromatic carbocycles. The second-order valence-electron chi connectivity index (χ2n) is 24.2. The van der Waals surface area contributed by atoms with Crippen LogP contribution in [0.3, 0.4) is 0 Å². The zero-order valence-electron chi connectivity index (χ0n) is 51.8. The topological polar surface area (TPSA) is 95.9 Å². The van der Waals surface area contributed by atoms with E-state index < -0.39 is 12.1 Å². The van der Waals surface area contributed by atoms with Crippen molar-refractivity contribution in [1.82, 2.24) is 5.32 Å². The Labute approximate surface area is 476 Å². The number of esters is 1. The number of aliphatic hydroxyl groups excluding tert-OH is 2. The summed E-state index contributed by atoms with van der Waals surface area (Å²) in [5.74, 6) is -0.0378. The SMILES string of the molecule is CCCCCCCCCCCCCC/C=C/C(O)C(CO)NC(=O)CCCCCCCCCCCCCCCCCCCCCCCCCCCCCCCCCCOC(=O)CCCCCCCCCCCCCCC. The van der Waals surface area contributed by atoms with Gasteiger partial charge >= 0.3 is 5.97 Å². The highest BCUT2D eigenvalue weighted by Crippen LogP contribution is 2.19. The summed E-state index contributed by atoms with van der Waals surface area (Å²) in [6.45, 7) is 4.94. The van der Waals surface area contributed by atoms with Crippen molar-refractivity contribution in [1.29, 1.82) is 0 Å². The molecular formula is C70H137NO5. The third-order valence-corrected chi connectivity index (χ3v) is 16.6. The molecule has 6 heteroatoms. The summed E-state index contributed by atoms with van der Waals surface area (Å²) >= 11 is 0. The summed E-state index contributed by atoms with van der Waals surface area (Å²) in [5.41, 5.74) is 0. The maximum Gasteiger partial charge on any atom is 0.305 e. The van der Waals surface area contributed by atoms with Crippen LogP contribution < -0.4 is 5.32 Å². The first kappa shape index (κ1) is 74.6. The van der Waals surface area contributed by atoms with Crippen molar-refractivity contribution in [2.75, 3.05) is 13.2 Å². The molecule has 0 heterocycles. The lowest BCUT2D eigenvalue weighted by atomic mass is 10.0. The maximum atomic E-state index is 12.5. The molecule has 0 fully saturated rings. The zero-order chi connectivity index (χ0) is 55.0. The van der Waals surface area contributed by atoms with Crippen LogP contribution in [-0.2, 0) is 14.3 Å². The molecule has 0 radical (unpaired) electrons. The number of hydrogen-bond donors (Lipinski definition) is 3. The quantitative estimate of drug-likeness (QED) is 0.0320. The first-order valence-corrected chi connectivity index (χ1v) is 35.0. The van der Waals surface area contributed by atoms with Gasteiger partial charge in [-0.25, -0.2) is 0 Å². The van der Waals surface area contributed by atoms with Gasteiger partial charge in [-0.2, -0.15) is 0 Å². The minimum atomic E-state index is -0.840. The van der Waals surface area contributed by atoms with E-state index in [9.17, 15) is 19.8 Å². The van der Waals surface area contributed by atoms with E-state index in [1.807, 2.05) is 6.08 Å². The fraction of sp³-hybridized carbons (Fsp3) is 0.943. The molecule has 1 amide bonds. The molecule has 2 atom stereocenters. The van der Waals surface area contributed by atoms with E-state index in [4.69, 9.17) is 4.74 Å². The molecule has 0 spiro atoms. The molecule has 6 nitrogen and oxygen atoms in total. The fourth-order valence-electron chi connectivity index (χ4n) is 11.2. The predicted octanol–water partition coefficient (Wildman–Crippen LogP) is 22.4. The molecule has 0 aliphatic carbocycles. The number of aliphatic hydroxyl groups is 2. The average Bonchev–Trinajstić information content (AvgIpc) is 3.42. The lowest BCUT2D eigenvalue weighted by molar-refractivity contribution is -0.143. The number of hydrogen-bond acceptors (Lipinski definition) is 5. The number of amides is 1. The molecule has 0 saturated carbocycles. The molecular weight excluding hydrogens is 935 g/mol. The third-order valence-electron chi connectivity index (χ3n) is 16.6. The van der Waals surface area contributed by atoms with Crippen molar-refractivity contribution in [3.63, 3.8) is 0 Å². The molecule has 76 heavy (non-hydrogen) atoms. The Hall–Kier alpha value is -1.40. The Morgan fingerprint density at radius 1 is 0.355 bits per heavy atom. The molecule has 0 rings (SSSR count). The van der Waals surface area contributed by atoms with Gasteiger partial charge in [-0.15, -0.1) is 0 Å². The largest absolute Gasteiger partial charge is 0.466 e. The van der Waals surface area contributed by atoms with Crippen molar-refractivity contribution in [2.45, 2.75) is 411 Å². The smallest absolute Gasteiger partial charge is 0.305 e. The fourth-order valence-corrected chi connectivity index (χ4v) is 11.2. The number of allylic oxidation sites excluding steroid dienone is 1. The average molecular weight is 1070 g/mol. The monoisotopic (exact) mass is 1070 g/mol. The molecule has 452 valence electrons. The number of carbonyl (C=O) groups is 2. The van der Waals surface area contributed by atoms with E-state index in [0.717, 1.165) is 38.5 Å². The van der Waals surface area contributed by atoms with Crippen LogP contribution in [0.4, 0.5) is 0 Å². The Morgan fingerprint density at radius 3 is 0.895 bits per heavy atom. The molecule has 0 bridgehead atoms. The van der Waals surface area contributed by atoms with Crippen LogP contribution in [0, 0.1) is 0 Å². The number of ether oxygens (including phenoxy) is 1. The summed E-state index contributed by atoms with van der Waals surface area (Å²) in [7, 11) is 0. The summed E-state index contributed by atoms with van der Waals surface area (Å²) in [5, 5.41) is 23.1. The molecule has 0 aromatic heterocycles. The number of rotatable bonds is 66. The zero-order valence-corrected chi connectivity index (χ0v) is 51.8. The van der Waals surface area contributed by atoms with Gasteiger partial charge in [-0.05, 0) is 32.1 Å². The lowest BCUT2D eigenvalue weighted by Crippen LogP contribution is -2.45. The predicted molar refractivity (Wildman–Crippen MR) is 333 cm³/mol. The van der Waals surface area contributed by atoms with Crippen molar-refractivity contribution in [2.24, 2.45) is 0 Å². The highest BCUT2D eigenvalue weighted by atomic mass is 16.5. The van der Waals surface area contributed by atoms with E-state index in [0.29, 0.717) is 19.4 Å². The van der Waals surface area contributed by atoms with Crippen LogP contribution in [0.1, 0.15) is 399 Å².